The molecule has 0 radical (unpaired) electrons. The first kappa shape index (κ1) is 21.1. The van der Waals surface area contributed by atoms with Crippen molar-refractivity contribution < 1.29 is 0 Å². The second-order valence-corrected chi connectivity index (χ2v) is 7.14. The summed E-state index contributed by atoms with van der Waals surface area (Å²) in [6.07, 6.45) is 2.07. The second kappa shape index (κ2) is 9.64. The van der Waals surface area contributed by atoms with Gasteiger partial charge in [0.15, 0.2) is 0 Å². The zero-order valence-corrected chi connectivity index (χ0v) is 17.9. The van der Waals surface area contributed by atoms with Crippen molar-refractivity contribution in [3.63, 3.8) is 0 Å². The highest BCUT2D eigenvalue weighted by atomic mass is 35.5. The third-order valence-electron chi connectivity index (χ3n) is 4.25. The fourth-order valence-corrected chi connectivity index (χ4v) is 3.56. The molecule has 1 heterocycles. The van der Waals surface area contributed by atoms with E-state index in [1.165, 1.54) is 10.5 Å². The Balaban J connectivity index is 0.00000126. The van der Waals surface area contributed by atoms with Crippen LogP contribution in [0.2, 0.25) is 5.02 Å². The van der Waals surface area contributed by atoms with Gasteiger partial charge >= 0.3 is 0 Å². The standard InChI is InChI=1S/C20H18ClN3S.C2H6/c1-13-20(16-6-7-17(11-22)19(21)10-16)14(2)24(23-13)12-15-4-8-18(25-3)9-5-15;1-2/h4-10H,12H2,1-3H3;1-2H3. The van der Waals surface area contributed by atoms with Crippen molar-refractivity contribution in [2.45, 2.75) is 39.1 Å². The minimum atomic E-state index is 0.471. The molecule has 1 aromatic heterocycles. The quantitative estimate of drug-likeness (QED) is 0.472. The predicted octanol–water partition coefficient (Wildman–Crippen LogP) is 6.49. The molecule has 0 saturated heterocycles. The third-order valence-corrected chi connectivity index (χ3v) is 5.31. The number of aryl methyl sites for hydroxylation is 1. The lowest BCUT2D eigenvalue weighted by molar-refractivity contribution is 0.659. The Morgan fingerprint density at radius 1 is 1.11 bits per heavy atom. The zero-order chi connectivity index (χ0) is 20.0. The first-order chi connectivity index (χ1) is 13.0. The molecule has 3 aromatic rings. The first-order valence-electron chi connectivity index (χ1n) is 8.90. The van der Waals surface area contributed by atoms with Crippen LogP contribution < -0.4 is 0 Å². The summed E-state index contributed by atoms with van der Waals surface area (Å²) in [5.74, 6) is 0. The van der Waals surface area contributed by atoms with Crippen LogP contribution in [-0.4, -0.2) is 16.0 Å². The molecule has 0 unspecified atom stereocenters. The largest absolute Gasteiger partial charge is 0.265 e. The summed E-state index contributed by atoms with van der Waals surface area (Å²) in [4.78, 5) is 1.25. The molecular formula is C22H24ClN3S. The molecule has 0 aliphatic heterocycles. The van der Waals surface area contributed by atoms with E-state index in [1.807, 2.05) is 37.6 Å². The topological polar surface area (TPSA) is 41.6 Å². The molecule has 2 aromatic carbocycles. The van der Waals surface area contributed by atoms with Crippen LogP contribution in [0.25, 0.3) is 11.1 Å². The number of halogens is 1. The molecule has 0 fully saturated rings. The average molecular weight is 398 g/mol. The minimum absolute atomic E-state index is 0.471. The molecule has 140 valence electrons. The van der Waals surface area contributed by atoms with E-state index in [4.69, 9.17) is 22.0 Å². The van der Waals surface area contributed by atoms with Crippen molar-refractivity contribution >= 4 is 23.4 Å². The predicted molar refractivity (Wildman–Crippen MR) is 116 cm³/mol. The van der Waals surface area contributed by atoms with Gasteiger partial charge in [-0.05, 0) is 55.5 Å². The lowest BCUT2D eigenvalue weighted by atomic mass is 10.0. The number of rotatable bonds is 4. The van der Waals surface area contributed by atoms with Crippen molar-refractivity contribution in [2.24, 2.45) is 0 Å². The summed E-state index contributed by atoms with van der Waals surface area (Å²) in [5, 5.41) is 14.2. The van der Waals surface area contributed by atoms with E-state index in [2.05, 4.69) is 43.5 Å². The number of hydrogen-bond donors (Lipinski definition) is 0. The average Bonchev–Trinajstić information content (AvgIpc) is 2.97. The van der Waals surface area contributed by atoms with Gasteiger partial charge in [0, 0.05) is 16.2 Å². The fourth-order valence-electron chi connectivity index (χ4n) is 2.93. The molecule has 0 spiro atoms. The Hall–Kier alpha value is -2.22. The summed E-state index contributed by atoms with van der Waals surface area (Å²) >= 11 is 7.93. The molecule has 0 N–H and O–H groups in total. The van der Waals surface area contributed by atoms with Gasteiger partial charge in [0.1, 0.15) is 6.07 Å². The van der Waals surface area contributed by atoms with Gasteiger partial charge < -0.3 is 0 Å². The molecule has 5 heteroatoms. The monoisotopic (exact) mass is 397 g/mol. The molecule has 27 heavy (non-hydrogen) atoms. The summed E-state index contributed by atoms with van der Waals surface area (Å²) in [6, 6.07) is 16.2. The lowest BCUT2D eigenvalue weighted by Gasteiger charge is -2.07. The Kier molecular flexibility index (Phi) is 7.53. The number of benzene rings is 2. The molecule has 3 nitrogen and oxygen atoms in total. The summed E-state index contributed by atoms with van der Waals surface area (Å²) in [6.45, 7) is 8.80. The van der Waals surface area contributed by atoms with Crippen molar-refractivity contribution in [1.82, 2.24) is 9.78 Å². The van der Waals surface area contributed by atoms with E-state index in [9.17, 15) is 0 Å². The maximum absolute atomic E-state index is 9.04. The van der Waals surface area contributed by atoms with Crippen molar-refractivity contribution in [2.75, 3.05) is 6.26 Å². The highest BCUT2D eigenvalue weighted by Crippen LogP contribution is 2.30. The maximum atomic E-state index is 9.04. The van der Waals surface area contributed by atoms with E-state index >= 15 is 0 Å². The molecule has 3 rings (SSSR count). The van der Waals surface area contributed by atoms with Gasteiger partial charge in [-0.3, -0.25) is 4.68 Å². The SMILES string of the molecule is CC.CSc1ccc(Cn2nc(C)c(-c3ccc(C#N)c(Cl)c3)c2C)cc1. The van der Waals surface area contributed by atoms with E-state index in [0.717, 1.165) is 29.1 Å². The van der Waals surface area contributed by atoms with Crippen LogP contribution in [0.5, 0.6) is 0 Å². The van der Waals surface area contributed by atoms with Gasteiger partial charge in [-0.15, -0.1) is 11.8 Å². The Morgan fingerprint density at radius 3 is 2.33 bits per heavy atom. The number of aromatic nitrogens is 2. The number of nitriles is 1. The van der Waals surface area contributed by atoms with Gasteiger partial charge in [0.25, 0.3) is 0 Å². The van der Waals surface area contributed by atoms with Crippen LogP contribution in [0.1, 0.15) is 36.4 Å². The molecule has 0 saturated carbocycles. The van der Waals surface area contributed by atoms with Crippen LogP contribution in [0.4, 0.5) is 0 Å². The highest BCUT2D eigenvalue weighted by Gasteiger charge is 2.15. The van der Waals surface area contributed by atoms with Gasteiger partial charge in [0.05, 0.1) is 22.8 Å². The number of thioether (sulfide) groups is 1. The van der Waals surface area contributed by atoms with Crippen LogP contribution in [0, 0.1) is 25.2 Å². The van der Waals surface area contributed by atoms with Gasteiger partial charge in [-0.2, -0.15) is 10.4 Å². The maximum Gasteiger partial charge on any atom is 0.101 e. The van der Waals surface area contributed by atoms with Crippen molar-refractivity contribution in [1.29, 1.82) is 5.26 Å². The zero-order valence-electron chi connectivity index (χ0n) is 16.4. The molecular weight excluding hydrogens is 374 g/mol. The minimum Gasteiger partial charge on any atom is -0.265 e. The third kappa shape index (κ3) is 4.74. The normalized spacial score (nSPS) is 10.1. The molecule has 0 amide bonds. The molecule has 0 aliphatic carbocycles. The summed E-state index contributed by atoms with van der Waals surface area (Å²) < 4.78 is 2.02. The van der Waals surface area contributed by atoms with Crippen LogP contribution in [0.15, 0.2) is 47.4 Å². The van der Waals surface area contributed by atoms with Crippen LogP contribution >= 0.6 is 23.4 Å². The van der Waals surface area contributed by atoms with Gasteiger partial charge in [0.2, 0.25) is 0 Å². The Bertz CT molecular complexity index is 953. The summed E-state index contributed by atoms with van der Waals surface area (Å²) in [5.41, 5.74) is 5.82. The number of hydrogen-bond acceptors (Lipinski definition) is 3. The van der Waals surface area contributed by atoms with Crippen molar-refractivity contribution in [3.8, 4) is 17.2 Å². The molecule has 0 bridgehead atoms. The second-order valence-electron chi connectivity index (χ2n) is 5.86. The Labute approximate surface area is 171 Å². The van der Waals surface area contributed by atoms with Crippen molar-refractivity contribution in [3.05, 3.63) is 70.0 Å². The van der Waals surface area contributed by atoms with E-state index in [0.29, 0.717) is 10.6 Å². The van der Waals surface area contributed by atoms with Gasteiger partial charge in [-0.1, -0.05) is 43.6 Å². The highest BCUT2D eigenvalue weighted by molar-refractivity contribution is 7.98. The first-order valence-corrected chi connectivity index (χ1v) is 10.5. The van der Waals surface area contributed by atoms with Gasteiger partial charge in [-0.25, -0.2) is 0 Å². The van der Waals surface area contributed by atoms with Crippen LogP contribution in [0.3, 0.4) is 0 Å². The Morgan fingerprint density at radius 2 is 1.78 bits per heavy atom. The molecule has 0 atom stereocenters. The fraction of sp³-hybridized carbons (Fsp3) is 0.273. The smallest absolute Gasteiger partial charge is 0.101 e. The summed E-state index contributed by atoms with van der Waals surface area (Å²) in [7, 11) is 0. The van der Waals surface area contributed by atoms with E-state index in [-0.39, 0.29) is 0 Å². The van der Waals surface area contributed by atoms with E-state index in [1.54, 1.807) is 17.8 Å². The number of nitrogens with zero attached hydrogens (tertiary/aromatic N) is 3. The lowest BCUT2D eigenvalue weighted by Crippen LogP contribution is -2.04. The van der Waals surface area contributed by atoms with E-state index < -0.39 is 0 Å². The van der Waals surface area contributed by atoms with Crippen LogP contribution in [-0.2, 0) is 6.54 Å². The molecule has 0 aliphatic rings.